The summed E-state index contributed by atoms with van der Waals surface area (Å²) < 4.78 is 68.4. The molecule has 17 nitrogen and oxygen atoms in total. The van der Waals surface area contributed by atoms with Crippen molar-refractivity contribution >= 4 is 39.5 Å². The first-order valence-electron chi connectivity index (χ1n) is 41.0. The molecule has 0 radical (unpaired) electrons. The third kappa shape index (κ3) is 72.4. The molecule has 0 rings (SSSR count). The lowest BCUT2D eigenvalue weighted by atomic mass is 10.0. The molecule has 0 aliphatic rings. The Kier molecular flexibility index (Phi) is 69.3. The second kappa shape index (κ2) is 70.7. The Balaban J connectivity index is 5.14. The third-order valence-corrected chi connectivity index (χ3v) is 20.4. The molecule has 0 aromatic rings. The van der Waals surface area contributed by atoms with Gasteiger partial charge in [-0.1, -0.05) is 363 Å². The van der Waals surface area contributed by atoms with Crippen molar-refractivity contribution < 1.29 is 80.2 Å². The highest BCUT2D eigenvalue weighted by Crippen LogP contribution is 2.45. The van der Waals surface area contributed by atoms with Crippen LogP contribution in [0, 0.1) is 11.8 Å². The molecule has 0 amide bonds. The fourth-order valence-corrected chi connectivity index (χ4v) is 13.8. The van der Waals surface area contributed by atoms with E-state index < -0.39 is 97.5 Å². The fourth-order valence-electron chi connectivity index (χ4n) is 12.2. The normalized spacial score (nSPS) is 13.9. The summed E-state index contributed by atoms with van der Waals surface area (Å²) in [5.41, 5.74) is 0. The average Bonchev–Trinajstić information content (AvgIpc) is 0.998. The molecule has 0 aliphatic carbocycles. The van der Waals surface area contributed by atoms with Gasteiger partial charge in [0.15, 0.2) is 12.2 Å². The first-order chi connectivity index (χ1) is 47.4. The van der Waals surface area contributed by atoms with Crippen molar-refractivity contribution in [1.29, 1.82) is 0 Å². The van der Waals surface area contributed by atoms with E-state index in [0.717, 1.165) is 102 Å². The summed E-state index contributed by atoms with van der Waals surface area (Å²) in [5, 5.41) is 10.6. The number of esters is 4. The molecular weight excluding hydrogens is 1280 g/mol. The summed E-state index contributed by atoms with van der Waals surface area (Å²) in [6.45, 7) is 9.52. The van der Waals surface area contributed by atoms with E-state index in [2.05, 4.69) is 41.5 Å². The zero-order valence-electron chi connectivity index (χ0n) is 64.1. The van der Waals surface area contributed by atoms with E-state index in [4.69, 9.17) is 37.0 Å². The van der Waals surface area contributed by atoms with Crippen LogP contribution in [-0.2, 0) is 65.4 Å². The summed E-state index contributed by atoms with van der Waals surface area (Å²) in [6, 6.07) is 0. The van der Waals surface area contributed by atoms with Crippen molar-refractivity contribution in [1.82, 2.24) is 0 Å². The molecule has 0 aromatic carbocycles. The Morgan fingerprint density at radius 1 is 0.276 bits per heavy atom. The van der Waals surface area contributed by atoms with Crippen LogP contribution >= 0.6 is 15.6 Å². The van der Waals surface area contributed by atoms with Crippen molar-refractivity contribution in [2.24, 2.45) is 11.8 Å². The zero-order chi connectivity index (χ0) is 72.1. The molecule has 98 heavy (non-hydrogen) atoms. The Hall–Kier alpha value is -1.94. The number of ether oxygens (including phenoxy) is 4. The standard InChI is InChI=1S/C79H154O17P2/c1-7-9-11-13-15-17-18-19-20-21-22-23-24-25-26-31-34-37-40-44-51-57-63-78(83)95-74(67-90-77(82)62-56-50-43-39-36-33-30-28-27-29-32-35-38-41-47-53-59-71(3)4)69-93-97(85,86)91-65-73(80)66-92-98(87,88)94-70-75(68-89-76(81)61-55-49-42-16-14-12-10-8-2)96-79(84)64-58-52-46-45-48-54-60-72(5)6/h71-75,80H,7-70H2,1-6H3,(H,85,86)(H,87,88)/t73-,74-,75-/m1/s1. The summed E-state index contributed by atoms with van der Waals surface area (Å²) >= 11 is 0. The van der Waals surface area contributed by atoms with Gasteiger partial charge in [0.05, 0.1) is 26.4 Å². The predicted octanol–water partition coefficient (Wildman–Crippen LogP) is 23.5. The SMILES string of the molecule is CCCCCCCCCCCCCCCCCCCCCCCCC(=O)O[C@H](COC(=O)CCCCCCCCCCCCCCCCCCC(C)C)COP(=O)(O)OC[C@@H](O)COP(=O)(O)OC[C@@H](COC(=O)CCCCCCCCCC)OC(=O)CCCCCCCCC(C)C. The van der Waals surface area contributed by atoms with Crippen molar-refractivity contribution in [2.45, 2.75) is 432 Å². The molecule has 0 spiro atoms. The molecular formula is C79H154O17P2. The Morgan fingerprint density at radius 3 is 0.694 bits per heavy atom. The molecule has 19 heteroatoms. The largest absolute Gasteiger partial charge is 0.472 e. The van der Waals surface area contributed by atoms with Gasteiger partial charge in [-0.3, -0.25) is 37.3 Å². The lowest BCUT2D eigenvalue weighted by Gasteiger charge is -2.21. The van der Waals surface area contributed by atoms with E-state index in [0.29, 0.717) is 31.6 Å². The van der Waals surface area contributed by atoms with Crippen molar-refractivity contribution in [3.8, 4) is 0 Å². The Bertz CT molecular complexity index is 1890. The van der Waals surface area contributed by atoms with E-state index in [1.807, 2.05) is 0 Å². The summed E-state index contributed by atoms with van der Waals surface area (Å²) in [6.07, 6.45) is 60.2. The lowest BCUT2D eigenvalue weighted by Crippen LogP contribution is -2.30. The first-order valence-corrected chi connectivity index (χ1v) is 44.0. The summed E-state index contributed by atoms with van der Waals surface area (Å²) in [4.78, 5) is 72.7. The minimum Gasteiger partial charge on any atom is -0.462 e. The van der Waals surface area contributed by atoms with Crippen molar-refractivity contribution in [2.75, 3.05) is 39.6 Å². The van der Waals surface area contributed by atoms with Crippen LogP contribution in [0.15, 0.2) is 0 Å². The highest BCUT2D eigenvalue weighted by molar-refractivity contribution is 7.47. The van der Waals surface area contributed by atoms with Crippen molar-refractivity contribution in [3.05, 3.63) is 0 Å². The van der Waals surface area contributed by atoms with E-state index in [9.17, 15) is 43.2 Å². The van der Waals surface area contributed by atoms with Gasteiger partial charge >= 0.3 is 39.5 Å². The van der Waals surface area contributed by atoms with Gasteiger partial charge in [-0.25, -0.2) is 9.13 Å². The summed E-state index contributed by atoms with van der Waals surface area (Å²) in [7, 11) is -9.91. The second-order valence-electron chi connectivity index (χ2n) is 29.4. The second-order valence-corrected chi connectivity index (χ2v) is 32.3. The highest BCUT2D eigenvalue weighted by atomic mass is 31.2. The average molecular weight is 1440 g/mol. The maximum atomic E-state index is 13.1. The molecule has 0 saturated heterocycles. The number of rotatable bonds is 78. The van der Waals surface area contributed by atoms with E-state index >= 15 is 0 Å². The Morgan fingerprint density at radius 2 is 0.469 bits per heavy atom. The number of hydrogen-bond acceptors (Lipinski definition) is 15. The number of carbonyl (C=O) groups excluding carboxylic acids is 4. The van der Waals surface area contributed by atoms with Gasteiger partial charge in [-0.05, 0) is 37.5 Å². The molecule has 0 bridgehead atoms. The number of aliphatic hydroxyl groups excluding tert-OH is 1. The number of aliphatic hydroxyl groups is 1. The molecule has 0 aliphatic heterocycles. The number of phosphoric acid groups is 2. The number of phosphoric ester groups is 2. The van der Waals surface area contributed by atoms with Crippen LogP contribution in [0.5, 0.6) is 0 Å². The number of unbranched alkanes of at least 4 members (excludes halogenated alkanes) is 48. The van der Waals surface area contributed by atoms with E-state index in [1.54, 1.807) is 0 Å². The highest BCUT2D eigenvalue weighted by Gasteiger charge is 2.30. The van der Waals surface area contributed by atoms with Crippen LogP contribution < -0.4 is 0 Å². The number of carbonyl (C=O) groups is 4. The molecule has 0 saturated carbocycles. The van der Waals surface area contributed by atoms with Gasteiger partial charge in [-0.15, -0.1) is 0 Å². The molecule has 0 fully saturated rings. The van der Waals surface area contributed by atoms with Gasteiger partial charge in [0.1, 0.15) is 19.3 Å². The fraction of sp³-hybridized carbons (Fsp3) is 0.949. The smallest absolute Gasteiger partial charge is 0.462 e. The maximum Gasteiger partial charge on any atom is 0.472 e. The van der Waals surface area contributed by atoms with E-state index in [1.165, 1.54) is 225 Å². The van der Waals surface area contributed by atoms with Crippen LogP contribution in [0.2, 0.25) is 0 Å². The lowest BCUT2D eigenvalue weighted by molar-refractivity contribution is -0.161. The van der Waals surface area contributed by atoms with Crippen LogP contribution in [0.3, 0.4) is 0 Å². The van der Waals surface area contributed by atoms with Gasteiger partial charge in [0.25, 0.3) is 0 Å². The molecule has 2 unspecified atom stereocenters. The predicted molar refractivity (Wildman–Crippen MR) is 400 cm³/mol. The monoisotopic (exact) mass is 1440 g/mol. The van der Waals surface area contributed by atoms with Crippen LogP contribution in [0.4, 0.5) is 0 Å². The quantitative estimate of drug-likeness (QED) is 0.0222. The minimum atomic E-state index is -4.96. The maximum absolute atomic E-state index is 13.1. The van der Waals surface area contributed by atoms with Gasteiger partial charge < -0.3 is 33.8 Å². The van der Waals surface area contributed by atoms with Crippen LogP contribution in [-0.4, -0.2) is 96.7 Å². The van der Waals surface area contributed by atoms with Gasteiger partial charge in [0, 0.05) is 25.7 Å². The first kappa shape index (κ1) is 96.1. The van der Waals surface area contributed by atoms with Crippen LogP contribution in [0.25, 0.3) is 0 Å². The number of hydrogen-bond donors (Lipinski definition) is 3. The van der Waals surface area contributed by atoms with Crippen LogP contribution in [0.1, 0.15) is 414 Å². The third-order valence-electron chi connectivity index (χ3n) is 18.5. The minimum absolute atomic E-state index is 0.102. The molecule has 0 heterocycles. The molecule has 582 valence electrons. The molecule has 3 N–H and O–H groups in total. The molecule has 0 aromatic heterocycles. The summed E-state index contributed by atoms with van der Waals surface area (Å²) in [5.74, 6) is -0.639. The Labute approximate surface area is 600 Å². The zero-order valence-corrected chi connectivity index (χ0v) is 65.9. The topological polar surface area (TPSA) is 237 Å². The molecule has 5 atom stereocenters. The van der Waals surface area contributed by atoms with E-state index in [-0.39, 0.29) is 25.7 Å². The van der Waals surface area contributed by atoms with Crippen molar-refractivity contribution in [3.63, 3.8) is 0 Å². The van der Waals surface area contributed by atoms with Gasteiger partial charge in [0.2, 0.25) is 0 Å². The van der Waals surface area contributed by atoms with Gasteiger partial charge in [-0.2, -0.15) is 0 Å².